The number of ether oxygens (including phenoxy) is 4. The van der Waals surface area contributed by atoms with Crippen LogP contribution < -0.4 is 9.80 Å². The number of methoxy groups -OCH3 is 4. The van der Waals surface area contributed by atoms with Crippen molar-refractivity contribution in [2.45, 2.75) is 0 Å². The lowest BCUT2D eigenvalue weighted by atomic mass is 10.7. The smallest absolute Gasteiger partial charge is 0.233 e. The van der Waals surface area contributed by atoms with Crippen molar-refractivity contribution in [3.63, 3.8) is 0 Å². The van der Waals surface area contributed by atoms with Gasteiger partial charge in [-0.25, -0.2) is 9.97 Å². The molecule has 0 aliphatic rings. The van der Waals surface area contributed by atoms with Crippen molar-refractivity contribution in [1.29, 1.82) is 0 Å². The summed E-state index contributed by atoms with van der Waals surface area (Å²) in [6.45, 7) is 1.25. The molecular weight excluding hydrogens is 266 g/mol. The molecule has 1 aromatic heterocycles. The van der Waals surface area contributed by atoms with Gasteiger partial charge in [-0.2, -0.15) is 4.98 Å². The van der Waals surface area contributed by atoms with Gasteiger partial charge in [0.1, 0.15) is 33.3 Å². The third-order valence-electron chi connectivity index (χ3n) is 2.25. The highest BCUT2D eigenvalue weighted by molar-refractivity contribution is 5.36. The summed E-state index contributed by atoms with van der Waals surface area (Å²) < 4.78 is 20.4. The molecule has 0 N–H and O–H groups in total. The van der Waals surface area contributed by atoms with Crippen LogP contribution in [0.4, 0.5) is 11.9 Å². The van der Waals surface area contributed by atoms with Crippen molar-refractivity contribution in [1.82, 2.24) is 15.0 Å². The third kappa shape index (κ3) is 4.85. The van der Waals surface area contributed by atoms with E-state index in [0.717, 1.165) is 0 Å². The van der Waals surface area contributed by atoms with E-state index in [9.17, 15) is 0 Å². The van der Waals surface area contributed by atoms with Crippen LogP contribution in [0.25, 0.3) is 0 Å². The maximum Gasteiger partial charge on any atom is 0.233 e. The first kappa shape index (κ1) is 16.5. The molecule has 0 aromatic carbocycles. The van der Waals surface area contributed by atoms with Gasteiger partial charge >= 0.3 is 0 Å². The Bertz CT molecular complexity index is 338. The number of aromatic nitrogens is 3. The van der Waals surface area contributed by atoms with E-state index in [1.807, 2.05) is 0 Å². The first-order valence-electron chi connectivity index (χ1n) is 5.91. The Morgan fingerprint density at radius 2 is 1.10 bits per heavy atom. The van der Waals surface area contributed by atoms with E-state index in [4.69, 9.17) is 18.9 Å². The Kier molecular flexibility index (Phi) is 7.73. The van der Waals surface area contributed by atoms with Gasteiger partial charge in [0, 0.05) is 28.4 Å². The molecule has 0 aliphatic heterocycles. The van der Waals surface area contributed by atoms with E-state index >= 15 is 0 Å². The van der Waals surface area contributed by atoms with E-state index in [1.165, 1.54) is 6.33 Å². The normalized spacial score (nSPS) is 10.6. The summed E-state index contributed by atoms with van der Waals surface area (Å²) in [4.78, 5) is 16.0. The predicted molar refractivity (Wildman–Crippen MR) is 72.3 cm³/mol. The Hall–Kier alpha value is -1.55. The van der Waals surface area contributed by atoms with E-state index < -0.39 is 0 Å². The Labute approximate surface area is 118 Å². The molecule has 0 saturated heterocycles. The fourth-order valence-corrected chi connectivity index (χ4v) is 1.51. The molecule has 0 amide bonds. The zero-order chi connectivity index (χ0) is 14.8. The quantitative estimate of drug-likeness (QED) is 0.548. The van der Waals surface area contributed by atoms with Gasteiger partial charge < -0.3 is 18.9 Å². The van der Waals surface area contributed by atoms with Gasteiger partial charge in [0.2, 0.25) is 11.9 Å². The first-order valence-corrected chi connectivity index (χ1v) is 5.91. The summed E-state index contributed by atoms with van der Waals surface area (Å²) >= 11 is 0. The number of hydrogen-bond acceptors (Lipinski definition) is 9. The lowest BCUT2D eigenvalue weighted by Gasteiger charge is -2.23. The fourth-order valence-electron chi connectivity index (χ4n) is 1.51. The van der Waals surface area contributed by atoms with Crippen molar-refractivity contribution in [2.24, 2.45) is 0 Å². The van der Waals surface area contributed by atoms with Crippen LogP contribution in [0.1, 0.15) is 0 Å². The van der Waals surface area contributed by atoms with Crippen LogP contribution in [-0.4, -0.2) is 70.3 Å². The molecule has 1 aromatic rings. The molecule has 1 heterocycles. The van der Waals surface area contributed by atoms with Gasteiger partial charge in [-0.3, -0.25) is 9.80 Å². The van der Waals surface area contributed by atoms with E-state index in [1.54, 1.807) is 38.2 Å². The van der Waals surface area contributed by atoms with Crippen LogP contribution in [0.15, 0.2) is 6.33 Å². The lowest BCUT2D eigenvalue weighted by Crippen LogP contribution is -2.32. The SMILES string of the molecule is COCN(COC)c1ncnc(N(COC)COC)n1. The van der Waals surface area contributed by atoms with Crippen LogP contribution in [0, 0.1) is 0 Å². The highest BCUT2D eigenvalue weighted by atomic mass is 16.5. The second-order valence-corrected chi connectivity index (χ2v) is 3.84. The molecule has 9 nitrogen and oxygen atoms in total. The molecule has 0 atom stereocenters. The van der Waals surface area contributed by atoms with E-state index in [-0.39, 0.29) is 0 Å². The second kappa shape index (κ2) is 9.37. The molecule has 0 spiro atoms. The number of nitrogens with zero attached hydrogens (tertiary/aromatic N) is 5. The summed E-state index contributed by atoms with van der Waals surface area (Å²) in [6.07, 6.45) is 1.42. The van der Waals surface area contributed by atoms with Gasteiger partial charge in [-0.1, -0.05) is 0 Å². The van der Waals surface area contributed by atoms with Gasteiger partial charge in [0.15, 0.2) is 0 Å². The standard InChI is InChI=1S/C11H21N5O4/c1-17-6-15(7-18-2)10-12-5-13-11(14-10)16(8-19-3)9-20-4/h5H,6-9H2,1-4H3. The van der Waals surface area contributed by atoms with E-state index in [2.05, 4.69) is 15.0 Å². The first-order chi connectivity index (χ1) is 9.76. The van der Waals surface area contributed by atoms with Crippen LogP contribution in [0.3, 0.4) is 0 Å². The summed E-state index contributed by atoms with van der Waals surface area (Å²) in [5, 5.41) is 0. The van der Waals surface area contributed by atoms with Crippen molar-refractivity contribution >= 4 is 11.9 Å². The average Bonchev–Trinajstić information content (AvgIpc) is 2.47. The summed E-state index contributed by atoms with van der Waals surface area (Å²) in [7, 11) is 6.36. The Morgan fingerprint density at radius 3 is 1.40 bits per heavy atom. The van der Waals surface area contributed by atoms with Crippen molar-refractivity contribution in [3.05, 3.63) is 6.33 Å². The molecule has 114 valence electrons. The van der Waals surface area contributed by atoms with Crippen LogP contribution in [0.2, 0.25) is 0 Å². The van der Waals surface area contributed by atoms with Crippen LogP contribution in [-0.2, 0) is 18.9 Å². The minimum absolute atomic E-state index is 0.311. The Morgan fingerprint density at radius 1 is 0.750 bits per heavy atom. The largest absolute Gasteiger partial charge is 0.364 e. The van der Waals surface area contributed by atoms with Gasteiger partial charge in [0.05, 0.1) is 0 Å². The molecule has 9 heteroatoms. The number of anilines is 2. The zero-order valence-corrected chi connectivity index (χ0v) is 12.3. The molecule has 0 saturated carbocycles. The molecular formula is C11H21N5O4. The predicted octanol–water partition coefficient (Wildman–Crippen LogP) is -0.1000. The molecule has 0 unspecified atom stereocenters. The van der Waals surface area contributed by atoms with Crippen molar-refractivity contribution in [3.8, 4) is 0 Å². The number of rotatable bonds is 10. The second-order valence-electron chi connectivity index (χ2n) is 3.84. The highest BCUT2D eigenvalue weighted by Gasteiger charge is 2.14. The molecule has 1 rings (SSSR count). The average molecular weight is 287 g/mol. The van der Waals surface area contributed by atoms with E-state index in [0.29, 0.717) is 38.8 Å². The summed E-state index contributed by atoms with van der Waals surface area (Å²) in [5.41, 5.74) is 0. The summed E-state index contributed by atoms with van der Waals surface area (Å²) in [5.74, 6) is 0.909. The highest BCUT2D eigenvalue weighted by Crippen LogP contribution is 2.12. The maximum absolute atomic E-state index is 5.09. The Balaban J connectivity index is 2.90. The van der Waals surface area contributed by atoms with Crippen molar-refractivity contribution < 1.29 is 18.9 Å². The fraction of sp³-hybridized carbons (Fsp3) is 0.727. The monoisotopic (exact) mass is 287 g/mol. The van der Waals surface area contributed by atoms with Crippen LogP contribution >= 0.6 is 0 Å². The van der Waals surface area contributed by atoms with Crippen molar-refractivity contribution in [2.75, 3.05) is 65.2 Å². The third-order valence-corrected chi connectivity index (χ3v) is 2.25. The summed E-state index contributed by atoms with van der Waals surface area (Å²) in [6, 6.07) is 0. The van der Waals surface area contributed by atoms with Gasteiger partial charge in [0.25, 0.3) is 0 Å². The number of hydrogen-bond donors (Lipinski definition) is 0. The minimum atomic E-state index is 0.311. The lowest BCUT2D eigenvalue weighted by molar-refractivity contribution is 0.136. The molecule has 20 heavy (non-hydrogen) atoms. The topological polar surface area (TPSA) is 82.1 Å². The molecule has 0 radical (unpaired) electrons. The van der Waals surface area contributed by atoms with Crippen LogP contribution in [0.5, 0.6) is 0 Å². The molecule has 0 fully saturated rings. The zero-order valence-electron chi connectivity index (χ0n) is 12.3. The maximum atomic E-state index is 5.09. The van der Waals surface area contributed by atoms with Gasteiger partial charge in [-0.15, -0.1) is 0 Å². The minimum Gasteiger partial charge on any atom is -0.364 e. The van der Waals surface area contributed by atoms with Gasteiger partial charge in [-0.05, 0) is 0 Å². The molecule has 0 bridgehead atoms. The molecule has 0 aliphatic carbocycles.